The SMILES string of the molecule is Cc1ccc2c(c1)CCC1(COC(=O)C1)C2=O. The van der Waals surface area contributed by atoms with E-state index >= 15 is 0 Å². The summed E-state index contributed by atoms with van der Waals surface area (Å²) in [5.41, 5.74) is 2.49. The van der Waals surface area contributed by atoms with Crippen molar-refractivity contribution < 1.29 is 14.3 Å². The monoisotopic (exact) mass is 230 g/mol. The predicted octanol–water partition coefficient (Wildman–Crippen LogP) is 2.06. The van der Waals surface area contributed by atoms with E-state index in [1.54, 1.807) is 0 Å². The fourth-order valence-electron chi connectivity index (χ4n) is 2.83. The average Bonchev–Trinajstić information content (AvgIpc) is 2.67. The second-order valence-electron chi connectivity index (χ2n) is 5.11. The number of benzene rings is 1. The molecular formula is C14H14O3. The molecule has 0 saturated carbocycles. The van der Waals surface area contributed by atoms with Crippen molar-refractivity contribution in [1.29, 1.82) is 0 Å². The molecule has 1 aromatic rings. The molecule has 1 fully saturated rings. The Morgan fingerprint density at radius 2 is 2.12 bits per heavy atom. The summed E-state index contributed by atoms with van der Waals surface area (Å²) >= 11 is 0. The largest absolute Gasteiger partial charge is 0.465 e. The Kier molecular flexibility index (Phi) is 2.12. The number of ketones is 1. The van der Waals surface area contributed by atoms with Crippen LogP contribution >= 0.6 is 0 Å². The molecule has 0 bridgehead atoms. The molecule has 1 saturated heterocycles. The Labute approximate surface area is 99.8 Å². The van der Waals surface area contributed by atoms with E-state index in [1.165, 1.54) is 5.56 Å². The Bertz CT molecular complexity index is 518. The Hall–Kier alpha value is -1.64. The van der Waals surface area contributed by atoms with Crippen molar-refractivity contribution in [3.05, 3.63) is 34.9 Å². The van der Waals surface area contributed by atoms with Crippen molar-refractivity contribution in [3.8, 4) is 0 Å². The van der Waals surface area contributed by atoms with E-state index in [1.807, 2.05) is 19.1 Å². The molecule has 1 atom stereocenters. The Morgan fingerprint density at radius 1 is 1.29 bits per heavy atom. The third-order valence-corrected chi connectivity index (χ3v) is 3.85. The molecule has 3 nitrogen and oxygen atoms in total. The highest BCUT2D eigenvalue weighted by atomic mass is 16.5. The van der Waals surface area contributed by atoms with Crippen LogP contribution in [0.3, 0.4) is 0 Å². The zero-order chi connectivity index (χ0) is 12.0. The summed E-state index contributed by atoms with van der Waals surface area (Å²) in [5, 5.41) is 0. The highest BCUT2D eigenvalue weighted by molar-refractivity contribution is 6.05. The van der Waals surface area contributed by atoms with Gasteiger partial charge in [0.2, 0.25) is 0 Å². The maximum atomic E-state index is 12.5. The van der Waals surface area contributed by atoms with Crippen LogP contribution in [0.1, 0.15) is 34.3 Å². The number of carbonyl (C=O) groups excluding carboxylic acids is 2. The van der Waals surface area contributed by atoms with Gasteiger partial charge < -0.3 is 4.74 Å². The molecule has 0 aromatic heterocycles. The van der Waals surface area contributed by atoms with Crippen LogP contribution in [0.25, 0.3) is 0 Å². The maximum Gasteiger partial charge on any atom is 0.306 e. The van der Waals surface area contributed by atoms with Crippen molar-refractivity contribution in [1.82, 2.24) is 0 Å². The van der Waals surface area contributed by atoms with Gasteiger partial charge in [0, 0.05) is 5.56 Å². The highest BCUT2D eigenvalue weighted by Gasteiger charge is 2.49. The van der Waals surface area contributed by atoms with Crippen LogP contribution < -0.4 is 0 Å². The summed E-state index contributed by atoms with van der Waals surface area (Å²) in [4.78, 5) is 23.7. The van der Waals surface area contributed by atoms with Gasteiger partial charge >= 0.3 is 5.97 Å². The van der Waals surface area contributed by atoms with Crippen molar-refractivity contribution in [3.63, 3.8) is 0 Å². The second kappa shape index (κ2) is 3.42. The summed E-state index contributed by atoms with van der Waals surface area (Å²) in [6.45, 7) is 2.29. The lowest BCUT2D eigenvalue weighted by Gasteiger charge is -2.30. The molecular weight excluding hydrogens is 216 g/mol. The van der Waals surface area contributed by atoms with Crippen molar-refractivity contribution in [2.45, 2.75) is 26.2 Å². The summed E-state index contributed by atoms with van der Waals surface area (Å²) in [6.07, 6.45) is 1.84. The molecule has 88 valence electrons. The summed E-state index contributed by atoms with van der Waals surface area (Å²) < 4.78 is 5.00. The number of aryl methyl sites for hydroxylation is 2. The molecule has 1 aromatic carbocycles. The smallest absolute Gasteiger partial charge is 0.306 e. The van der Waals surface area contributed by atoms with Crippen LogP contribution in [-0.4, -0.2) is 18.4 Å². The van der Waals surface area contributed by atoms with Crippen molar-refractivity contribution >= 4 is 11.8 Å². The van der Waals surface area contributed by atoms with Crippen LogP contribution in [0.5, 0.6) is 0 Å². The number of hydrogen-bond acceptors (Lipinski definition) is 3. The normalized spacial score (nSPS) is 27.1. The van der Waals surface area contributed by atoms with E-state index in [9.17, 15) is 9.59 Å². The first kappa shape index (κ1) is 10.5. The summed E-state index contributed by atoms with van der Waals surface area (Å²) in [5.74, 6) is -0.154. The highest BCUT2D eigenvalue weighted by Crippen LogP contribution is 2.42. The zero-order valence-corrected chi connectivity index (χ0v) is 9.79. The molecule has 1 aliphatic carbocycles. The van der Waals surface area contributed by atoms with Crippen LogP contribution in [0.4, 0.5) is 0 Å². The van der Waals surface area contributed by atoms with Crippen molar-refractivity contribution in [2.24, 2.45) is 5.41 Å². The van der Waals surface area contributed by atoms with Crippen LogP contribution in [0, 0.1) is 12.3 Å². The number of cyclic esters (lactones) is 1. The minimum atomic E-state index is -0.570. The van der Waals surface area contributed by atoms with Gasteiger partial charge in [0.25, 0.3) is 0 Å². The quantitative estimate of drug-likeness (QED) is 0.641. The Morgan fingerprint density at radius 3 is 2.82 bits per heavy atom. The van der Waals surface area contributed by atoms with Gasteiger partial charge in [0.1, 0.15) is 6.61 Å². The molecule has 1 heterocycles. The minimum absolute atomic E-state index is 0.0876. The van der Waals surface area contributed by atoms with Crippen LogP contribution in [-0.2, 0) is 16.0 Å². The second-order valence-corrected chi connectivity index (χ2v) is 5.11. The number of Topliss-reactive ketones (excluding diaryl/α,β-unsaturated/α-hetero) is 1. The zero-order valence-electron chi connectivity index (χ0n) is 9.79. The predicted molar refractivity (Wildman–Crippen MR) is 61.8 cm³/mol. The molecule has 3 rings (SSSR count). The minimum Gasteiger partial charge on any atom is -0.465 e. The molecule has 0 N–H and O–H groups in total. The van der Waals surface area contributed by atoms with Gasteiger partial charge in [-0.3, -0.25) is 9.59 Å². The van der Waals surface area contributed by atoms with Gasteiger partial charge in [-0.2, -0.15) is 0 Å². The number of esters is 1. The third kappa shape index (κ3) is 1.49. The third-order valence-electron chi connectivity index (χ3n) is 3.85. The summed E-state index contributed by atoms with van der Waals surface area (Å²) in [6, 6.07) is 5.90. The first-order valence-corrected chi connectivity index (χ1v) is 5.91. The van der Waals surface area contributed by atoms with E-state index < -0.39 is 5.41 Å². The van der Waals surface area contributed by atoms with E-state index in [0.29, 0.717) is 0 Å². The first-order chi connectivity index (χ1) is 8.11. The van der Waals surface area contributed by atoms with Gasteiger partial charge in [-0.15, -0.1) is 0 Å². The fourth-order valence-corrected chi connectivity index (χ4v) is 2.83. The lowest BCUT2D eigenvalue weighted by molar-refractivity contribution is -0.137. The van der Waals surface area contributed by atoms with Crippen LogP contribution in [0.15, 0.2) is 18.2 Å². The van der Waals surface area contributed by atoms with Gasteiger partial charge in [-0.25, -0.2) is 0 Å². The molecule has 17 heavy (non-hydrogen) atoms. The standard InChI is InChI=1S/C14H14O3/c1-9-2-3-11-10(6-9)4-5-14(13(11)16)7-12(15)17-8-14/h2-3,6H,4-5,7-8H2,1H3. The van der Waals surface area contributed by atoms with E-state index in [0.717, 1.165) is 24.0 Å². The molecule has 3 heteroatoms. The number of rotatable bonds is 0. The van der Waals surface area contributed by atoms with Crippen molar-refractivity contribution in [2.75, 3.05) is 6.61 Å². The van der Waals surface area contributed by atoms with E-state index in [2.05, 4.69) is 6.07 Å². The van der Waals surface area contributed by atoms with Gasteiger partial charge in [0.05, 0.1) is 11.8 Å². The molecule has 0 amide bonds. The maximum absolute atomic E-state index is 12.5. The van der Waals surface area contributed by atoms with Gasteiger partial charge in [-0.05, 0) is 25.3 Å². The van der Waals surface area contributed by atoms with Crippen LogP contribution in [0.2, 0.25) is 0 Å². The van der Waals surface area contributed by atoms with E-state index in [-0.39, 0.29) is 24.8 Å². The van der Waals surface area contributed by atoms with E-state index in [4.69, 9.17) is 4.74 Å². The van der Waals surface area contributed by atoms with Gasteiger partial charge in [0.15, 0.2) is 5.78 Å². The van der Waals surface area contributed by atoms with Gasteiger partial charge in [-0.1, -0.05) is 23.8 Å². The number of carbonyl (C=O) groups is 2. The summed E-state index contributed by atoms with van der Waals surface area (Å²) in [7, 11) is 0. The average molecular weight is 230 g/mol. The lowest BCUT2D eigenvalue weighted by Crippen LogP contribution is -2.36. The first-order valence-electron chi connectivity index (χ1n) is 5.91. The molecule has 0 radical (unpaired) electrons. The number of ether oxygens (including phenoxy) is 1. The number of hydrogen-bond donors (Lipinski definition) is 0. The topological polar surface area (TPSA) is 43.4 Å². The molecule has 1 spiro atoms. The molecule has 2 aliphatic rings. The Balaban J connectivity index is 2.04. The lowest BCUT2D eigenvalue weighted by atomic mass is 9.70. The molecule has 1 aliphatic heterocycles. The fraction of sp³-hybridized carbons (Fsp3) is 0.429. The number of fused-ring (bicyclic) bond motifs is 1. The molecule has 1 unspecified atom stereocenters.